The first kappa shape index (κ1) is 18.0. The molecule has 2 fully saturated rings. The number of amides is 2. The van der Waals surface area contributed by atoms with Gasteiger partial charge >= 0.3 is 0 Å². The van der Waals surface area contributed by atoms with E-state index in [0.29, 0.717) is 23.2 Å². The molecule has 0 aromatic heterocycles. The number of nitro benzene ring substituents is 1. The second-order valence-electron chi connectivity index (χ2n) is 6.99. The van der Waals surface area contributed by atoms with Gasteiger partial charge in [0, 0.05) is 29.4 Å². The van der Waals surface area contributed by atoms with Crippen molar-refractivity contribution in [2.75, 3.05) is 5.32 Å². The Bertz CT molecular complexity index is 732. The summed E-state index contributed by atoms with van der Waals surface area (Å²) in [6.45, 7) is 1.68. The maximum Gasteiger partial charge on any atom is 0.269 e. The minimum absolute atomic E-state index is 0.0365. The van der Waals surface area contributed by atoms with Gasteiger partial charge in [-0.25, -0.2) is 5.43 Å². The van der Waals surface area contributed by atoms with E-state index >= 15 is 0 Å². The molecule has 0 radical (unpaired) electrons. The Kier molecular flexibility index (Phi) is 5.29. The molecule has 2 N–H and O–H groups in total. The van der Waals surface area contributed by atoms with Gasteiger partial charge in [0.05, 0.1) is 11.3 Å². The largest absolute Gasteiger partial charge is 0.326 e. The predicted octanol–water partition coefficient (Wildman–Crippen LogP) is 2.85. The van der Waals surface area contributed by atoms with Crippen molar-refractivity contribution in [2.45, 2.75) is 39.0 Å². The highest BCUT2D eigenvalue weighted by atomic mass is 16.6. The van der Waals surface area contributed by atoms with Crippen LogP contribution in [0.4, 0.5) is 11.4 Å². The third kappa shape index (κ3) is 4.25. The first-order chi connectivity index (χ1) is 12.5. The van der Waals surface area contributed by atoms with Crippen molar-refractivity contribution >= 4 is 28.9 Å². The molecule has 2 aliphatic carbocycles. The van der Waals surface area contributed by atoms with E-state index in [4.69, 9.17) is 0 Å². The zero-order chi connectivity index (χ0) is 18.7. The van der Waals surface area contributed by atoms with Crippen molar-refractivity contribution in [3.05, 3.63) is 34.4 Å². The summed E-state index contributed by atoms with van der Waals surface area (Å²) >= 11 is 0. The number of rotatable bonds is 6. The minimum Gasteiger partial charge on any atom is -0.326 e. The van der Waals surface area contributed by atoms with E-state index in [1.165, 1.54) is 37.1 Å². The van der Waals surface area contributed by atoms with Gasteiger partial charge in [0.15, 0.2) is 0 Å². The van der Waals surface area contributed by atoms with Crippen molar-refractivity contribution in [1.82, 2.24) is 5.43 Å². The fourth-order valence-corrected chi connectivity index (χ4v) is 3.75. The highest BCUT2D eigenvalue weighted by Gasteiger charge is 2.54. The number of fused-ring (bicyclic) bond motifs is 1. The first-order valence-corrected chi connectivity index (χ1v) is 8.83. The first-order valence-electron chi connectivity index (χ1n) is 8.83. The number of nitrogens with zero attached hydrogens (tertiary/aromatic N) is 2. The van der Waals surface area contributed by atoms with E-state index in [2.05, 4.69) is 15.8 Å². The van der Waals surface area contributed by atoms with Gasteiger partial charge in [-0.05, 0) is 43.7 Å². The summed E-state index contributed by atoms with van der Waals surface area (Å²) in [6, 6.07) is 5.59. The molecule has 8 heteroatoms. The van der Waals surface area contributed by atoms with Gasteiger partial charge in [0.25, 0.3) is 5.69 Å². The number of anilines is 1. The standard InChI is InChI=1S/C18H22N4O4/c1-11(20-21-18(24)17-14-4-2-3-5-15(14)17)10-16(23)19-12-6-8-13(9-7-12)22(25)26/h6-9,14-15,17H,2-5,10H2,1H3,(H,19,23)(H,21,24)/b20-11+. The highest BCUT2D eigenvalue weighted by molar-refractivity contribution is 6.05. The Morgan fingerprint density at radius 3 is 2.38 bits per heavy atom. The minimum atomic E-state index is -0.499. The van der Waals surface area contributed by atoms with E-state index in [1.54, 1.807) is 6.92 Å². The normalized spacial score (nSPS) is 24.3. The molecule has 26 heavy (non-hydrogen) atoms. The van der Waals surface area contributed by atoms with E-state index in [-0.39, 0.29) is 29.8 Å². The second-order valence-corrected chi connectivity index (χ2v) is 6.99. The summed E-state index contributed by atoms with van der Waals surface area (Å²) in [6.07, 6.45) is 4.70. The molecule has 1 aromatic rings. The maximum absolute atomic E-state index is 12.2. The topological polar surface area (TPSA) is 114 Å². The van der Waals surface area contributed by atoms with Crippen molar-refractivity contribution < 1.29 is 14.5 Å². The Labute approximate surface area is 151 Å². The van der Waals surface area contributed by atoms with Crippen LogP contribution in [-0.2, 0) is 9.59 Å². The Hall–Kier alpha value is -2.77. The number of nitro groups is 1. The molecule has 8 nitrogen and oxygen atoms in total. The molecule has 138 valence electrons. The van der Waals surface area contributed by atoms with Crippen LogP contribution in [0.3, 0.4) is 0 Å². The molecule has 2 unspecified atom stereocenters. The van der Waals surface area contributed by atoms with Crippen molar-refractivity contribution in [1.29, 1.82) is 0 Å². The highest BCUT2D eigenvalue weighted by Crippen LogP contribution is 2.55. The summed E-state index contributed by atoms with van der Waals surface area (Å²) in [5.41, 5.74) is 3.52. The lowest BCUT2D eigenvalue weighted by molar-refractivity contribution is -0.384. The fraction of sp³-hybridized carbons (Fsp3) is 0.500. The molecule has 1 aromatic carbocycles. The van der Waals surface area contributed by atoms with Gasteiger partial charge in [-0.1, -0.05) is 12.8 Å². The quantitative estimate of drug-likeness (QED) is 0.462. The number of hydrazone groups is 1. The fourth-order valence-electron chi connectivity index (χ4n) is 3.75. The monoisotopic (exact) mass is 358 g/mol. The van der Waals surface area contributed by atoms with Crippen molar-refractivity contribution in [3.8, 4) is 0 Å². The molecule has 0 bridgehead atoms. The van der Waals surface area contributed by atoms with Gasteiger partial charge < -0.3 is 5.32 Å². The van der Waals surface area contributed by atoms with Crippen LogP contribution in [0.15, 0.2) is 29.4 Å². The third-order valence-corrected chi connectivity index (χ3v) is 5.09. The molecular weight excluding hydrogens is 336 g/mol. The van der Waals surface area contributed by atoms with Gasteiger partial charge in [-0.3, -0.25) is 19.7 Å². The number of non-ortho nitro benzene ring substituents is 1. The second kappa shape index (κ2) is 7.63. The molecule has 0 heterocycles. The van der Waals surface area contributed by atoms with Crippen LogP contribution in [0.5, 0.6) is 0 Å². The molecular formula is C18H22N4O4. The lowest BCUT2D eigenvalue weighted by Crippen LogP contribution is -2.23. The van der Waals surface area contributed by atoms with Crippen LogP contribution in [0.25, 0.3) is 0 Å². The van der Waals surface area contributed by atoms with E-state index in [9.17, 15) is 19.7 Å². The molecule has 0 saturated heterocycles. The van der Waals surface area contributed by atoms with Gasteiger partial charge in [0.2, 0.25) is 11.8 Å². The molecule has 2 amide bonds. The van der Waals surface area contributed by atoms with Crippen LogP contribution in [0, 0.1) is 27.9 Å². The molecule has 0 spiro atoms. The third-order valence-electron chi connectivity index (χ3n) is 5.09. The number of carbonyl (C=O) groups is 2. The Balaban J connectivity index is 1.45. The van der Waals surface area contributed by atoms with Gasteiger partial charge in [-0.15, -0.1) is 0 Å². The van der Waals surface area contributed by atoms with E-state index < -0.39 is 4.92 Å². The van der Waals surface area contributed by atoms with Crippen LogP contribution < -0.4 is 10.7 Å². The molecule has 3 rings (SSSR count). The molecule has 0 aliphatic heterocycles. The van der Waals surface area contributed by atoms with Crippen LogP contribution in [-0.4, -0.2) is 22.4 Å². The maximum atomic E-state index is 12.2. The number of benzene rings is 1. The van der Waals surface area contributed by atoms with Crippen LogP contribution in [0.2, 0.25) is 0 Å². The average molecular weight is 358 g/mol. The zero-order valence-corrected chi connectivity index (χ0v) is 14.6. The van der Waals surface area contributed by atoms with Crippen molar-refractivity contribution in [2.24, 2.45) is 22.9 Å². The van der Waals surface area contributed by atoms with E-state index in [1.807, 2.05) is 0 Å². The molecule has 2 aliphatic rings. The number of nitrogens with one attached hydrogen (secondary N) is 2. The summed E-state index contributed by atoms with van der Waals surface area (Å²) in [4.78, 5) is 34.3. The van der Waals surface area contributed by atoms with Crippen LogP contribution in [0.1, 0.15) is 39.0 Å². The summed E-state index contributed by atoms with van der Waals surface area (Å²) in [5.74, 6) is 0.781. The average Bonchev–Trinajstić information content (AvgIpc) is 3.34. The summed E-state index contributed by atoms with van der Waals surface area (Å²) in [5, 5.41) is 17.3. The summed E-state index contributed by atoms with van der Waals surface area (Å²) < 4.78 is 0. The van der Waals surface area contributed by atoms with Crippen LogP contribution >= 0.6 is 0 Å². The molecule has 2 atom stereocenters. The lowest BCUT2D eigenvalue weighted by Gasteiger charge is -2.05. The smallest absolute Gasteiger partial charge is 0.269 e. The Morgan fingerprint density at radius 2 is 1.81 bits per heavy atom. The summed E-state index contributed by atoms with van der Waals surface area (Å²) in [7, 11) is 0. The number of hydrogen-bond acceptors (Lipinski definition) is 5. The van der Waals surface area contributed by atoms with Crippen molar-refractivity contribution in [3.63, 3.8) is 0 Å². The van der Waals surface area contributed by atoms with E-state index in [0.717, 1.165) is 12.8 Å². The number of hydrogen-bond donors (Lipinski definition) is 2. The lowest BCUT2D eigenvalue weighted by atomic mass is 10.0. The number of carbonyl (C=O) groups excluding carboxylic acids is 2. The predicted molar refractivity (Wildman–Crippen MR) is 96.5 cm³/mol. The SMILES string of the molecule is C/C(CC(=O)Nc1ccc([N+](=O)[O-])cc1)=N\NC(=O)C1C2CCCCC21. The van der Waals surface area contributed by atoms with Gasteiger partial charge in [-0.2, -0.15) is 5.10 Å². The zero-order valence-electron chi connectivity index (χ0n) is 14.6. The Morgan fingerprint density at radius 1 is 1.19 bits per heavy atom. The van der Waals surface area contributed by atoms with Gasteiger partial charge in [0.1, 0.15) is 0 Å². The molecule has 2 saturated carbocycles.